The quantitative estimate of drug-likeness (QED) is 0.580. The van der Waals surface area contributed by atoms with E-state index in [9.17, 15) is 5.11 Å². The van der Waals surface area contributed by atoms with Gasteiger partial charge < -0.3 is 14.6 Å². The second-order valence-corrected chi connectivity index (χ2v) is 7.63. The van der Waals surface area contributed by atoms with Crippen LogP contribution in [-0.2, 0) is 6.42 Å². The topological polar surface area (TPSA) is 63.1 Å². The summed E-state index contributed by atoms with van der Waals surface area (Å²) < 4.78 is 10.9. The maximum absolute atomic E-state index is 10.5. The average Bonchev–Trinajstić information content (AvgIpc) is 2.83. The third-order valence-electron chi connectivity index (χ3n) is 5.77. The molecule has 0 bridgehead atoms. The molecule has 5 heteroatoms. The Hall–Kier alpha value is -3.31. The Labute approximate surface area is 183 Å². The molecule has 0 aromatic heterocycles. The minimum atomic E-state index is -0.279. The number of para-hydroxylation sites is 1. The molecule has 0 saturated heterocycles. The van der Waals surface area contributed by atoms with Crippen molar-refractivity contribution < 1.29 is 14.6 Å². The predicted molar refractivity (Wildman–Crippen MR) is 123 cm³/mol. The van der Waals surface area contributed by atoms with Crippen molar-refractivity contribution in [2.45, 2.75) is 32.0 Å². The van der Waals surface area contributed by atoms with Gasteiger partial charge in [-0.15, -0.1) is 0 Å². The summed E-state index contributed by atoms with van der Waals surface area (Å²) in [7, 11) is 3.26. The number of aryl methyl sites for hydroxylation is 1. The van der Waals surface area contributed by atoms with Gasteiger partial charge in [0.2, 0.25) is 0 Å². The highest BCUT2D eigenvalue weighted by Crippen LogP contribution is 2.36. The summed E-state index contributed by atoms with van der Waals surface area (Å²) in [5.41, 5.74) is 5.25. The number of nitrogens with zero attached hydrogens (tertiary/aromatic N) is 1. The van der Waals surface area contributed by atoms with Gasteiger partial charge in [0.25, 0.3) is 0 Å². The molecule has 2 N–H and O–H groups in total. The van der Waals surface area contributed by atoms with Crippen LogP contribution in [0.1, 0.15) is 47.8 Å². The van der Waals surface area contributed by atoms with E-state index in [2.05, 4.69) is 36.5 Å². The van der Waals surface area contributed by atoms with Gasteiger partial charge in [0.1, 0.15) is 11.9 Å². The smallest absolute Gasteiger partial charge is 0.161 e. The van der Waals surface area contributed by atoms with Gasteiger partial charge in [0.15, 0.2) is 11.5 Å². The second-order valence-electron chi connectivity index (χ2n) is 7.63. The molecule has 3 aromatic rings. The zero-order valence-electron chi connectivity index (χ0n) is 18.1. The lowest BCUT2D eigenvalue weighted by atomic mass is 9.93. The maximum Gasteiger partial charge on any atom is 0.161 e. The SMILES string of the molecule is CCc1ccc(C2=N[C@H](c3ccc(OC)c(OC)c3)N[C@@H](c3ccccc3O)C2)cc1. The predicted octanol–water partition coefficient (Wildman–Crippen LogP) is 5.19. The van der Waals surface area contributed by atoms with Crippen molar-refractivity contribution in [1.29, 1.82) is 0 Å². The van der Waals surface area contributed by atoms with E-state index in [1.807, 2.05) is 36.4 Å². The van der Waals surface area contributed by atoms with Gasteiger partial charge in [0, 0.05) is 23.7 Å². The molecule has 0 amide bonds. The lowest BCUT2D eigenvalue weighted by Crippen LogP contribution is -2.33. The van der Waals surface area contributed by atoms with Crippen LogP contribution in [0.25, 0.3) is 0 Å². The molecule has 0 radical (unpaired) electrons. The summed E-state index contributed by atoms with van der Waals surface area (Å²) in [5.74, 6) is 1.63. The summed E-state index contributed by atoms with van der Waals surface area (Å²) in [6.45, 7) is 2.15. The number of aliphatic imine (C=N–C) groups is 1. The summed E-state index contributed by atoms with van der Waals surface area (Å²) in [6.07, 6.45) is 1.41. The van der Waals surface area contributed by atoms with Crippen LogP contribution in [0.15, 0.2) is 71.7 Å². The van der Waals surface area contributed by atoms with Gasteiger partial charge in [-0.1, -0.05) is 55.5 Å². The number of benzene rings is 3. The van der Waals surface area contributed by atoms with Gasteiger partial charge in [-0.3, -0.25) is 10.3 Å². The van der Waals surface area contributed by atoms with Gasteiger partial charge in [-0.2, -0.15) is 0 Å². The molecule has 1 aliphatic rings. The normalized spacial score (nSPS) is 18.4. The first kappa shape index (κ1) is 20.9. The number of aromatic hydroxyl groups is 1. The molecule has 5 nitrogen and oxygen atoms in total. The lowest BCUT2D eigenvalue weighted by Gasteiger charge is -2.31. The molecule has 1 heterocycles. The third-order valence-corrected chi connectivity index (χ3v) is 5.77. The number of phenolic OH excluding ortho intramolecular Hbond substituents is 1. The van der Waals surface area contributed by atoms with Gasteiger partial charge in [0.05, 0.1) is 14.2 Å². The van der Waals surface area contributed by atoms with Crippen LogP contribution in [0.4, 0.5) is 0 Å². The minimum absolute atomic E-state index is 0.0716. The highest BCUT2D eigenvalue weighted by Gasteiger charge is 2.28. The van der Waals surface area contributed by atoms with Crippen LogP contribution in [0.2, 0.25) is 0 Å². The molecule has 0 unspecified atom stereocenters. The number of hydrogen-bond acceptors (Lipinski definition) is 5. The van der Waals surface area contributed by atoms with Crippen molar-refractivity contribution >= 4 is 5.71 Å². The largest absolute Gasteiger partial charge is 0.508 e. The molecule has 0 fully saturated rings. The Bertz CT molecular complexity index is 1080. The molecular formula is C26H28N2O3. The van der Waals surface area contributed by atoms with E-state index in [1.54, 1.807) is 20.3 Å². The van der Waals surface area contributed by atoms with E-state index in [4.69, 9.17) is 14.5 Å². The first-order valence-corrected chi connectivity index (χ1v) is 10.5. The molecular weight excluding hydrogens is 388 g/mol. The highest BCUT2D eigenvalue weighted by molar-refractivity contribution is 6.01. The second kappa shape index (κ2) is 9.23. The number of phenols is 1. The molecule has 0 saturated carbocycles. The van der Waals surface area contributed by atoms with Gasteiger partial charge in [-0.05, 0) is 41.3 Å². The average molecular weight is 417 g/mol. The van der Waals surface area contributed by atoms with Crippen molar-refractivity contribution in [1.82, 2.24) is 5.32 Å². The molecule has 0 aliphatic carbocycles. The van der Waals surface area contributed by atoms with Crippen LogP contribution in [0.3, 0.4) is 0 Å². The van der Waals surface area contributed by atoms with E-state index >= 15 is 0 Å². The first-order chi connectivity index (χ1) is 15.1. The van der Waals surface area contributed by atoms with Crippen LogP contribution >= 0.6 is 0 Å². The highest BCUT2D eigenvalue weighted by atomic mass is 16.5. The Kier molecular flexibility index (Phi) is 6.23. The lowest BCUT2D eigenvalue weighted by molar-refractivity contribution is 0.353. The van der Waals surface area contributed by atoms with E-state index in [0.717, 1.165) is 28.8 Å². The van der Waals surface area contributed by atoms with Crippen LogP contribution in [0, 0.1) is 0 Å². The molecule has 2 atom stereocenters. The van der Waals surface area contributed by atoms with Crippen molar-refractivity contribution in [3.05, 3.63) is 89.0 Å². The summed E-state index contributed by atoms with van der Waals surface area (Å²) in [6, 6.07) is 21.8. The van der Waals surface area contributed by atoms with Crippen LogP contribution in [0.5, 0.6) is 17.2 Å². The number of nitrogens with one attached hydrogen (secondary N) is 1. The van der Waals surface area contributed by atoms with Gasteiger partial charge >= 0.3 is 0 Å². The molecule has 160 valence electrons. The maximum atomic E-state index is 10.5. The zero-order valence-corrected chi connectivity index (χ0v) is 18.1. The van der Waals surface area contributed by atoms with E-state index < -0.39 is 0 Å². The number of hydrogen-bond donors (Lipinski definition) is 2. The third kappa shape index (κ3) is 4.42. The number of ether oxygens (including phenoxy) is 2. The fourth-order valence-corrected chi connectivity index (χ4v) is 3.99. The Morgan fingerprint density at radius 3 is 2.39 bits per heavy atom. The van der Waals surface area contributed by atoms with Crippen molar-refractivity contribution in [2.24, 2.45) is 4.99 Å². The fourth-order valence-electron chi connectivity index (χ4n) is 3.99. The van der Waals surface area contributed by atoms with Gasteiger partial charge in [-0.25, -0.2) is 0 Å². The first-order valence-electron chi connectivity index (χ1n) is 10.5. The molecule has 3 aromatic carbocycles. The number of methoxy groups -OCH3 is 2. The van der Waals surface area contributed by atoms with Crippen LogP contribution in [-0.4, -0.2) is 25.0 Å². The van der Waals surface area contributed by atoms with Crippen molar-refractivity contribution in [3.63, 3.8) is 0 Å². The Morgan fingerprint density at radius 2 is 1.71 bits per heavy atom. The molecule has 1 aliphatic heterocycles. The van der Waals surface area contributed by atoms with E-state index in [0.29, 0.717) is 17.9 Å². The Morgan fingerprint density at radius 1 is 0.968 bits per heavy atom. The molecule has 0 spiro atoms. The minimum Gasteiger partial charge on any atom is -0.508 e. The van der Waals surface area contributed by atoms with E-state index in [-0.39, 0.29) is 18.0 Å². The Balaban J connectivity index is 1.75. The standard InChI is InChI=1S/C26H28N2O3/c1-4-17-9-11-18(12-10-17)21-16-22(20-7-5-6-8-23(20)29)28-26(27-21)19-13-14-24(30-2)25(15-19)31-3/h5-15,22,26,28-29H,4,16H2,1-3H3/t22-,26+/m1/s1. The van der Waals surface area contributed by atoms with E-state index in [1.165, 1.54) is 5.56 Å². The van der Waals surface area contributed by atoms with Crippen molar-refractivity contribution in [2.75, 3.05) is 14.2 Å². The van der Waals surface area contributed by atoms with Crippen LogP contribution < -0.4 is 14.8 Å². The summed E-state index contributed by atoms with van der Waals surface area (Å²) >= 11 is 0. The molecule has 4 rings (SSSR count). The van der Waals surface area contributed by atoms with Crippen molar-refractivity contribution in [3.8, 4) is 17.2 Å². The fraction of sp³-hybridized carbons (Fsp3) is 0.269. The molecule has 31 heavy (non-hydrogen) atoms. The monoisotopic (exact) mass is 416 g/mol. The summed E-state index contributed by atoms with van der Waals surface area (Å²) in [4.78, 5) is 5.04. The number of rotatable bonds is 6. The zero-order chi connectivity index (χ0) is 21.8. The summed E-state index contributed by atoms with van der Waals surface area (Å²) in [5, 5.41) is 14.1.